The average molecular weight is 563 g/mol. The van der Waals surface area contributed by atoms with Crippen LogP contribution in [0.15, 0.2) is 91.1 Å². The third-order valence-electron chi connectivity index (χ3n) is 7.54. The van der Waals surface area contributed by atoms with Gasteiger partial charge in [0.05, 0.1) is 30.8 Å². The van der Waals surface area contributed by atoms with Crippen LogP contribution >= 0.6 is 0 Å². The number of ether oxygens (including phenoxy) is 2. The van der Waals surface area contributed by atoms with E-state index >= 15 is 0 Å². The Kier molecular flexibility index (Phi) is 8.31. The van der Waals surface area contributed by atoms with Crippen molar-refractivity contribution in [3.8, 4) is 11.5 Å². The monoisotopic (exact) mass is 562 g/mol. The van der Waals surface area contributed by atoms with Gasteiger partial charge in [0.15, 0.2) is 0 Å². The molecule has 0 spiro atoms. The van der Waals surface area contributed by atoms with E-state index in [1.165, 1.54) is 5.56 Å². The van der Waals surface area contributed by atoms with E-state index in [1.807, 2.05) is 77.5 Å². The first-order chi connectivity index (χ1) is 20.6. The standard InChI is InChI=1S/C34H34N4O4/c39-33(40)21-29(19-24-8-12-30(13-9-24)42-23-25-5-2-1-3-6-25)38-32-15-14-31(20-27(32)22-36-38)41-18-16-28-11-10-26-7-4-17-35-34(26)37-28/h1-3,5-6,8-15,20,22,29H,4,7,16-19,21,23H2,(H,35,37)(H,39,40). The molecule has 214 valence electrons. The summed E-state index contributed by atoms with van der Waals surface area (Å²) in [5.41, 5.74) is 5.27. The van der Waals surface area contributed by atoms with Crippen molar-refractivity contribution >= 4 is 22.7 Å². The van der Waals surface area contributed by atoms with Crippen LogP contribution in [0.25, 0.3) is 10.9 Å². The second kappa shape index (κ2) is 12.8. The molecular weight excluding hydrogens is 528 g/mol. The smallest absolute Gasteiger partial charge is 0.305 e. The number of nitrogens with one attached hydrogen (secondary N) is 1. The topological polar surface area (TPSA) is 98.5 Å². The summed E-state index contributed by atoms with van der Waals surface area (Å²) < 4.78 is 13.8. The van der Waals surface area contributed by atoms with Crippen LogP contribution in [0.1, 0.15) is 41.3 Å². The van der Waals surface area contributed by atoms with Crippen LogP contribution in [0.5, 0.6) is 11.5 Å². The van der Waals surface area contributed by atoms with Crippen molar-refractivity contribution in [2.45, 2.75) is 44.8 Å². The summed E-state index contributed by atoms with van der Waals surface area (Å²) in [6, 6.07) is 27.6. The molecule has 3 heterocycles. The van der Waals surface area contributed by atoms with Gasteiger partial charge in [0.25, 0.3) is 0 Å². The highest BCUT2D eigenvalue weighted by molar-refractivity contribution is 5.80. The van der Waals surface area contributed by atoms with Gasteiger partial charge in [-0.1, -0.05) is 48.5 Å². The highest BCUT2D eigenvalue weighted by Crippen LogP contribution is 2.28. The molecule has 42 heavy (non-hydrogen) atoms. The van der Waals surface area contributed by atoms with Gasteiger partial charge in [-0.25, -0.2) is 4.98 Å². The number of benzene rings is 3. The number of rotatable bonds is 12. The van der Waals surface area contributed by atoms with Crippen molar-refractivity contribution in [3.05, 3.63) is 114 Å². The van der Waals surface area contributed by atoms with Gasteiger partial charge < -0.3 is 19.9 Å². The molecule has 1 unspecified atom stereocenters. The Morgan fingerprint density at radius 1 is 0.952 bits per heavy atom. The van der Waals surface area contributed by atoms with Crippen LogP contribution in [0, 0.1) is 0 Å². The summed E-state index contributed by atoms with van der Waals surface area (Å²) >= 11 is 0. The number of aryl methyl sites for hydroxylation is 1. The van der Waals surface area contributed by atoms with Crippen molar-refractivity contribution in [2.75, 3.05) is 18.5 Å². The lowest BCUT2D eigenvalue weighted by atomic mass is 10.0. The Labute approximate surface area is 244 Å². The molecule has 0 bridgehead atoms. The van der Waals surface area contributed by atoms with E-state index in [0.29, 0.717) is 26.1 Å². The predicted octanol–water partition coefficient (Wildman–Crippen LogP) is 6.25. The van der Waals surface area contributed by atoms with E-state index < -0.39 is 5.97 Å². The Morgan fingerprint density at radius 2 is 1.79 bits per heavy atom. The molecule has 0 saturated heterocycles. The largest absolute Gasteiger partial charge is 0.493 e. The number of hydrogen-bond donors (Lipinski definition) is 2. The van der Waals surface area contributed by atoms with E-state index in [9.17, 15) is 9.90 Å². The molecule has 2 N–H and O–H groups in total. The van der Waals surface area contributed by atoms with Crippen LogP contribution in [-0.4, -0.2) is 39.0 Å². The summed E-state index contributed by atoms with van der Waals surface area (Å²) in [5.74, 6) is 1.65. The zero-order valence-electron chi connectivity index (χ0n) is 23.4. The van der Waals surface area contributed by atoms with Crippen molar-refractivity contribution in [2.24, 2.45) is 0 Å². The maximum Gasteiger partial charge on any atom is 0.305 e. The highest BCUT2D eigenvalue weighted by Gasteiger charge is 2.20. The normalized spacial score (nSPS) is 13.2. The minimum absolute atomic E-state index is 0.0378. The van der Waals surface area contributed by atoms with Gasteiger partial charge in [0.2, 0.25) is 0 Å². The van der Waals surface area contributed by atoms with E-state index in [1.54, 1.807) is 6.20 Å². The van der Waals surface area contributed by atoms with E-state index in [0.717, 1.165) is 64.4 Å². The molecule has 1 atom stereocenters. The van der Waals surface area contributed by atoms with Gasteiger partial charge in [0.1, 0.15) is 23.9 Å². The molecule has 8 heteroatoms. The molecule has 0 aliphatic carbocycles. The minimum atomic E-state index is -0.864. The molecule has 8 nitrogen and oxygen atoms in total. The quantitative estimate of drug-likeness (QED) is 0.186. The number of pyridine rings is 1. The SMILES string of the molecule is O=C(O)CC(Cc1ccc(OCc2ccccc2)cc1)n1ncc2cc(OCCc3ccc4c(n3)NCCC4)ccc21. The lowest BCUT2D eigenvalue weighted by Crippen LogP contribution is -2.17. The molecular formula is C34H34N4O4. The number of aromatic nitrogens is 3. The first-order valence-electron chi connectivity index (χ1n) is 14.4. The number of aliphatic carboxylic acids is 1. The van der Waals surface area contributed by atoms with Crippen molar-refractivity contribution in [3.63, 3.8) is 0 Å². The predicted molar refractivity (Wildman–Crippen MR) is 162 cm³/mol. The van der Waals surface area contributed by atoms with Gasteiger partial charge >= 0.3 is 5.97 Å². The summed E-state index contributed by atoms with van der Waals surface area (Å²) in [7, 11) is 0. The van der Waals surface area contributed by atoms with Crippen molar-refractivity contribution in [1.82, 2.24) is 14.8 Å². The van der Waals surface area contributed by atoms with Gasteiger partial charge in [-0.05, 0) is 72.4 Å². The fourth-order valence-corrected chi connectivity index (χ4v) is 5.37. The lowest BCUT2D eigenvalue weighted by Gasteiger charge is -2.18. The average Bonchev–Trinajstić information content (AvgIpc) is 3.44. The molecule has 0 amide bonds. The zero-order chi connectivity index (χ0) is 28.7. The summed E-state index contributed by atoms with van der Waals surface area (Å²) in [6.07, 6.45) is 5.19. The second-order valence-corrected chi connectivity index (χ2v) is 10.6. The van der Waals surface area contributed by atoms with Crippen LogP contribution < -0.4 is 14.8 Å². The Hall–Kier alpha value is -4.85. The molecule has 1 aliphatic heterocycles. The number of carboxylic acids is 1. The van der Waals surface area contributed by atoms with Crippen LogP contribution in [0.2, 0.25) is 0 Å². The molecule has 5 aromatic rings. The number of fused-ring (bicyclic) bond motifs is 2. The van der Waals surface area contributed by atoms with Crippen LogP contribution in [0.3, 0.4) is 0 Å². The zero-order valence-corrected chi connectivity index (χ0v) is 23.4. The third kappa shape index (κ3) is 6.71. The molecule has 3 aromatic carbocycles. The fourth-order valence-electron chi connectivity index (χ4n) is 5.37. The maximum atomic E-state index is 11.8. The Balaban J connectivity index is 1.09. The van der Waals surface area contributed by atoms with Crippen LogP contribution in [0.4, 0.5) is 5.82 Å². The molecule has 1 aliphatic rings. The van der Waals surface area contributed by atoms with Crippen molar-refractivity contribution < 1.29 is 19.4 Å². The molecule has 6 rings (SSSR count). The third-order valence-corrected chi connectivity index (χ3v) is 7.54. The molecule has 0 radical (unpaired) electrons. The number of anilines is 1. The van der Waals surface area contributed by atoms with Crippen molar-refractivity contribution in [1.29, 1.82) is 0 Å². The number of nitrogens with zero attached hydrogens (tertiary/aromatic N) is 3. The van der Waals surface area contributed by atoms with Gasteiger partial charge in [0, 0.05) is 24.0 Å². The van der Waals surface area contributed by atoms with Gasteiger partial charge in [-0.3, -0.25) is 9.48 Å². The molecule has 0 fully saturated rings. The summed E-state index contributed by atoms with van der Waals surface area (Å²) in [5, 5.41) is 18.5. The number of carbonyl (C=O) groups is 1. The van der Waals surface area contributed by atoms with Crippen LogP contribution in [-0.2, 0) is 30.7 Å². The maximum absolute atomic E-state index is 11.8. The van der Waals surface area contributed by atoms with E-state index in [-0.39, 0.29) is 12.5 Å². The fraction of sp³-hybridized carbons (Fsp3) is 0.265. The number of carboxylic acid groups (broad SMARTS) is 1. The first-order valence-corrected chi connectivity index (χ1v) is 14.4. The summed E-state index contributed by atoms with van der Waals surface area (Å²) in [6.45, 7) is 1.98. The highest BCUT2D eigenvalue weighted by atomic mass is 16.5. The van der Waals surface area contributed by atoms with Gasteiger partial charge in [-0.15, -0.1) is 0 Å². The van der Waals surface area contributed by atoms with E-state index in [2.05, 4.69) is 22.5 Å². The first kappa shape index (κ1) is 27.3. The molecule has 2 aromatic heterocycles. The second-order valence-electron chi connectivity index (χ2n) is 10.6. The lowest BCUT2D eigenvalue weighted by molar-refractivity contribution is -0.137. The van der Waals surface area contributed by atoms with Gasteiger partial charge in [-0.2, -0.15) is 5.10 Å². The Morgan fingerprint density at radius 3 is 2.62 bits per heavy atom. The van der Waals surface area contributed by atoms with E-state index in [4.69, 9.17) is 14.5 Å². The summed E-state index contributed by atoms with van der Waals surface area (Å²) in [4.78, 5) is 16.5. The minimum Gasteiger partial charge on any atom is -0.493 e. The number of hydrogen-bond acceptors (Lipinski definition) is 6. The molecule has 0 saturated carbocycles. The Bertz CT molecular complexity index is 1650.